The Kier molecular flexibility index (Phi) is 4.30. The van der Waals surface area contributed by atoms with Crippen LogP contribution < -0.4 is 0 Å². The fourth-order valence-electron chi connectivity index (χ4n) is 4.25. The lowest BCUT2D eigenvalue weighted by Crippen LogP contribution is -2.50. The van der Waals surface area contributed by atoms with Gasteiger partial charge >= 0.3 is 0 Å². The fraction of sp³-hybridized carbons (Fsp3) is 1.00. The number of nitrogens with zero attached hydrogens (tertiary/aromatic N) is 2. The Labute approximate surface area is 127 Å². The van der Waals surface area contributed by atoms with Crippen LogP contribution in [0.2, 0.25) is 0 Å². The molecule has 0 spiro atoms. The maximum absolute atomic E-state index is 13.6. The van der Waals surface area contributed by atoms with Crippen LogP contribution in [0.25, 0.3) is 0 Å². The molecule has 1 aliphatic heterocycles. The van der Waals surface area contributed by atoms with Gasteiger partial charge in [0, 0.05) is 31.5 Å². The molecular weight excluding hydrogens is 270 g/mol. The number of hydrogen-bond donors (Lipinski definition) is 0. The Morgan fingerprint density at radius 2 is 1.76 bits per heavy atom. The van der Waals surface area contributed by atoms with Crippen molar-refractivity contribution >= 4 is 0 Å². The summed E-state index contributed by atoms with van der Waals surface area (Å²) in [5.41, 5.74) is 0.567. The minimum absolute atomic E-state index is 0.0889. The molecule has 4 heteroatoms. The van der Waals surface area contributed by atoms with Crippen molar-refractivity contribution in [3.63, 3.8) is 0 Å². The van der Waals surface area contributed by atoms with E-state index in [-0.39, 0.29) is 18.9 Å². The van der Waals surface area contributed by atoms with Gasteiger partial charge < -0.3 is 9.80 Å². The van der Waals surface area contributed by atoms with E-state index in [0.29, 0.717) is 17.9 Å². The van der Waals surface area contributed by atoms with Gasteiger partial charge in [-0.15, -0.1) is 0 Å². The number of piperidine rings is 1. The van der Waals surface area contributed by atoms with Gasteiger partial charge in [-0.05, 0) is 64.1 Å². The largest absolute Gasteiger partial charge is 0.303 e. The molecule has 0 N–H and O–H groups in total. The maximum Gasteiger partial charge on any atom is 0.249 e. The Balaban J connectivity index is 1.46. The lowest BCUT2D eigenvalue weighted by molar-refractivity contribution is -0.0684. The molecule has 3 rings (SSSR count). The highest BCUT2D eigenvalue weighted by molar-refractivity contribution is 4.93. The number of halogens is 2. The third-order valence-electron chi connectivity index (χ3n) is 5.99. The van der Waals surface area contributed by atoms with Gasteiger partial charge in [-0.3, -0.25) is 0 Å². The van der Waals surface area contributed by atoms with Gasteiger partial charge in [0.25, 0.3) is 0 Å². The van der Waals surface area contributed by atoms with Crippen LogP contribution in [-0.4, -0.2) is 54.5 Å². The smallest absolute Gasteiger partial charge is 0.249 e. The molecule has 2 nitrogen and oxygen atoms in total. The van der Waals surface area contributed by atoms with Gasteiger partial charge in [0.2, 0.25) is 5.92 Å². The van der Waals surface area contributed by atoms with Gasteiger partial charge in [-0.1, -0.05) is 6.92 Å². The zero-order valence-electron chi connectivity index (χ0n) is 13.6. The van der Waals surface area contributed by atoms with Crippen LogP contribution in [0.3, 0.4) is 0 Å². The number of hydrogen-bond acceptors (Lipinski definition) is 2. The van der Waals surface area contributed by atoms with E-state index in [1.807, 2.05) is 0 Å². The molecule has 0 amide bonds. The van der Waals surface area contributed by atoms with Crippen LogP contribution in [0.1, 0.15) is 58.3 Å². The van der Waals surface area contributed by atoms with E-state index in [1.165, 1.54) is 19.4 Å². The molecule has 3 aliphatic rings. The molecule has 0 bridgehead atoms. The van der Waals surface area contributed by atoms with Crippen molar-refractivity contribution in [2.24, 2.45) is 5.41 Å². The highest BCUT2D eigenvalue weighted by Gasteiger charge is 2.41. The molecule has 0 radical (unpaired) electrons. The van der Waals surface area contributed by atoms with E-state index in [4.69, 9.17) is 0 Å². The van der Waals surface area contributed by atoms with Gasteiger partial charge in [-0.25, -0.2) is 8.78 Å². The van der Waals surface area contributed by atoms with Crippen molar-refractivity contribution in [1.82, 2.24) is 9.80 Å². The van der Waals surface area contributed by atoms with E-state index in [9.17, 15) is 8.78 Å². The van der Waals surface area contributed by atoms with Crippen LogP contribution in [0.15, 0.2) is 0 Å². The van der Waals surface area contributed by atoms with Crippen molar-refractivity contribution in [1.29, 1.82) is 0 Å². The lowest BCUT2D eigenvalue weighted by Gasteiger charge is -2.43. The quantitative estimate of drug-likeness (QED) is 0.780. The first-order valence-corrected chi connectivity index (χ1v) is 8.69. The highest BCUT2D eigenvalue weighted by Crippen LogP contribution is 2.46. The second kappa shape index (κ2) is 5.77. The molecule has 122 valence electrons. The monoisotopic (exact) mass is 300 g/mol. The molecule has 0 aromatic rings. The predicted octanol–water partition coefficient (Wildman–Crippen LogP) is 3.76. The van der Waals surface area contributed by atoms with Crippen molar-refractivity contribution < 1.29 is 8.78 Å². The molecule has 0 aromatic heterocycles. The Morgan fingerprint density at radius 3 is 2.33 bits per heavy atom. The van der Waals surface area contributed by atoms with Crippen LogP contribution in [0, 0.1) is 5.41 Å². The maximum atomic E-state index is 13.6. The average Bonchev–Trinajstić information content (AvgIpc) is 3.15. The molecule has 0 unspecified atom stereocenters. The SMILES string of the molecule is CN(CC1(C)CC1)C1CCN([C@H]2CCCC(F)(F)C2)CC1. The second-order valence-corrected chi connectivity index (χ2v) is 8.10. The summed E-state index contributed by atoms with van der Waals surface area (Å²) in [4.78, 5) is 4.87. The van der Waals surface area contributed by atoms with E-state index < -0.39 is 5.92 Å². The first-order chi connectivity index (χ1) is 9.87. The van der Waals surface area contributed by atoms with E-state index >= 15 is 0 Å². The number of rotatable bonds is 4. The fourth-order valence-corrected chi connectivity index (χ4v) is 4.25. The molecule has 21 heavy (non-hydrogen) atoms. The predicted molar refractivity (Wildman–Crippen MR) is 81.8 cm³/mol. The van der Waals surface area contributed by atoms with Crippen LogP contribution in [0.4, 0.5) is 8.78 Å². The van der Waals surface area contributed by atoms with Crippen LogP contribution in [0.5, 0.6) is 0 Å². The Bertz CT molecular complexity index is 360. The zero-order chi connectivity index (χ0) is 15.1. The number of alkyl halides is 2. The van der Waals surface area contributed by atoms with E-state index in [1.54, 1.807) is 0 Å². The molecule has 1 heterocycles. The summed E-state index contributed by atoms with van der Waals surface area (Å²) < 4.78 is 27.1. The Hall–Kier alpha value is -0.220. The van der Waals surface area contributed by atoms with E-state index in [0.717, 1.165) is 32.4 Å². The van der Waals surface area contributed by atoms with Crippen molar-refractivity contribution in [2.45, 2.75) is 76.3 Å². The lowest BCUT2D eigenvalue weighted by atomic mass is 9.89. The molecular formula is C17H30F2N2. The minimum Gasteiger partial charge on any atom is -0.303 e. The minimum atomic E-state index is -2.42. The van der Waals surface area contributed by atoms with Crippen molar-refractivity contribution in [3.05, 3.63) is 0 Å². The number of likely N-dealkylation sites (tertiary alicyclic amines) is 1. The van der Waals surface area contributed by atoms with Crippen molar-refractivity contribution in [2.75, 3.05) is 26.7 Å². The Morgan fingerprint density at radius 1 is 1.10 bits per heavy atom. The van der Waals surface area contributed by atoms with Gasteiger partial charge in [0.1, 0.15) is 0 Å². The first-order valence-electron chi connectivity index (χ1n) is 8.69. The van der Waals surface area contributed by atoms with Crippen LogP contribution >= 0.6 is 0 Å². The van der Waals surface area contributed by atoms with Gasteiger partial charge in [0.15, 0.2) is 0 Å². The van der Waals surface area contributed by atoms with E-state index in [2.05, 4.69) is 23.8 Å². The normalized spacial score (nSPS) is 33.3. The summed E-state index contributed by atoms with van der Waals surface area (Å²) in [7, 11) is 2.25. The molecule has 1 saturated heterocycles. The summed E-state index contributed by atoms with van der Waals surface area (Å²) in [6.45, 7) is 5.60. The molecule has 0 aromatic carbocycles. The first kappa shape index (κ1) is 15.7. The topological polar surface area (TPSA) is 6.48 Å². The van der Waals surface area contributed by atoms with Gasteiger partial charge in [0.05, 0.1) is 0 Å². The summed E-state index contributed by atoms with van der Waals surface area (Å²) in [5.74, 6) is -2.42. The zero-order valence-corrected chi connectivity index (χ0v) is 13.6. The average molecular weight is 300 g/mol. The summed E-state index contributed by atoms with van der Waals surface area (Å²) in [6.07, 6.45) is 6.88. The highest BCUT2D eigenvalue weighted by atomic mass is 19.3. The molecule has 2 aliphatic carbocycles. The van der Waals surface area contributed by atoms with Crippen LogP contribution in [-0.2, 0) is 0 Å². The summed E-state index contributed by atoms with van der Waals surface area (Å²) in [5, 5.41) is 0. The third kappa shape index (κ3) is 3.95. The van der Waals surface area contributed by atoms with Gasteiger partial charge in [-0.2, -0.15) is 0 Å². The van der Waals surface area contributed by atoms with Crippen molar-refractivity contribution in [3.8, 4) is 0 Å². The standard InChI is InChI=1S/C17H30F2N2/c1-16(8-9-16)13-20(2)14-5-10-21(11-6-14)15-4-3-7-17(18,19)12-15/h14-15H,3-13H2,1-2H3/t15-/m0/s1. The molecule has 3 fully saturated rings. The molecule has 2 saturated carbocycles. The molecule has 1 atom stereocenters. The third-order valence-corrected chi connectivity index (χ3v) is 5.99. The second-order valence-electron chi connectivity index (χ2n) is 8.10. The summed E-state index contributed by atoms with van der Waals surface area (Å²) in [6, 6.07) is 0.781. The summed E-state index contributed by atoms with van der Waals surface area (Å²) >= 11 is 0.